The van der Waals surface area contributed by atoms with E-state index in [1.807, 2.05) is 6.92 Å². The van der Waals surface area contributed by atoms with Gasteiger partial charge in [-0.3, -0.25) is 0 Å². The molecule has 1 aliphatic heterocycles. The van der Waals surface area contributed by atoms with Crippen LogP contribution in [0.5, 0.6) is 0 Å². The van der Waals surface area contributed by atoms with Gasteiger partial charge in [0.2, 0.25) is 0 Å². The average molecular weight is 241 g/mol. The summed E-state index contributed by atoms with van der Waals surface area (Å²) in [6, 6.07) is 3.46. The van der Waals surface area contributed by atoms with Crippen LogP contribution >= 0.6 is 0 Å². The van der Waals surface area contributed by atoms with Crippen molar-refractivity contribution in [1.29, 1.82) is 0 Å². The molecule has 0 aliphatic carbocycles. The molecule has 1 aromatic rings. The van der Waals surface area contributed by atoms with Crippen LogP contribution in [-0.2, 0) is 4.74 Å². The maximum atomic E-state index is 10.2. The fourth-order valence-corrected chi connectivity index (χ4v) is 2.01. The molecule has 2 rings (SSSR count). The third-order valence-electron chi connectivity index (χ3n) is 3.30. The van der Waals surface area contributed by atoms with E-state index < -0.39 is 11.7 Å². The number of hydrogen-bond donors (Lipinski definition) is 3. The first-order valence-corrected chi connectivity index (χ1v) is 5.88. The molecule has 2 heterocycles. The SMILES string of the molecule is CC1OCCC1(O)CNCC(O)c1ccco1. The van der Waals surface area contributed by atoms with Gasteiger partial charge in [0, 0.05) is 26.1 Å². The predicted octanol–water partition coefficient (Wildman–Crippen LogP) is 0.442. The molecule has 0 radical (unpaired) electrons. The second-order valence-electron chi connectivity index (χ2n) is 4.53. The van der Waals surface area contributed by atoms with Crippen LogP contribution in [0.4, 0.5) is 0 Å². The Bertz CT molecular complexity index is 340. The Balaban J connectivity index is 1.76. The first kappa shape index (κ1) is 12.6. The van der Waals surface area contributed by atoms with Crippen LogP contribution in [0.25, 0.3) is 0 Å². The van der Waals surface area contributed by atoms with Crippen molar-refractivity contribution in [2.75, 3.05) is 19.7 Å². The first-order chi connectivity index (χ1) is 8.12. The molecule has 5 heteroatoms. The highest BCUT2D eigenvalue weighted by Gasteiger charge is 2.39. The topological polar surface area (TPSA) is 74.9 Å². The highest BCUT2D eigenvalue weighted by atomic mass is 16.5. The minimum absolute atomic E-state index is 0.171. The van der Waals surface area contributed by atoms with E-state index in [2.05, 4.69) is 5.32 Å². The van der Waals surface area contributed by atoms with E-state index in [-0.39, 0.29) is 6.10 Å². The van der Waals surface area contributed by atoms with Gasteiger partial charge < -0.3 is 24.7 Å². The van der Waals surface area contributed by atoms with Crippen molar-refractivity contribution < 1.29 is 19.4 Å². The van der Waals surface area contributed by atoms with E-state index in [0.29, 0.717) is 31.9 Å². The van der Waals surface area contributed by atoms with Gasteiger partial charge in [0.15, 0.2) is 0 Å². The third-order valence-corrected chi connectivity index (χ3v) is 3.30. The molecule has 1 saturated heterocycles. The van der Waals surface area contributed by atoms with E-state index >= 15 is 0 Å². The zero-order valence-corrected chi connectivity index (χ0v) is 9.93. The molecule has 0 aromatic carbocycles. The summed E-state index contributed by atoms with van der Waals surface area (Å²) in [5, 5.41) is 23.0. The number of nitrogens with one attached hydrogen (secondary N) is 1. The van der Waals surface area contributed by atoms with Gasteiger partial charge in [0.1, 0.15) is 17.5 Å². The van der Waals surface area contributed by atoms with Gasteiger partial charge in [-0.2, -0.15) is 0 Å². The van der Waals surface area contributed by atoms with Crippen LogP contribution in [0.1, 0.15) is 25.2 Å². The summed E-state index contributed by atoms with van der Waals surface area (Å²) in [6.45, 7) is 3.20. The fraction of sp³-hybridized carbons (Fsp3) is 0.667. The zero-order chi connectivity index (χ0) is 12.3. The van der Waals surface area contributed by atoms with Crippen LogP contribution in [-0.4, -0.2) is 41.6 Å². The van der Waals surface area contributed by atoms with Crippen molar-refractivity contribution in [1.82, 2.24) is 5.32 Å². The van der Waals surface area contributed by atoms with Crippen molar-refractivity contribution in [3.63, 3.8) is 0 Å². The second kappa shape index (κ2) is 5.18. The van der Waals surface area contributed by atoms with Crippen LogP contribution in [0.3, 0.4) is 0 Å². The molecule has 0 amide bonds. The molecule has 3 N–H and O–H groups in total. The summed E-state index contributed by atoms with van der Waals surface area (Å²) in [7, 11) is 0. The number of aliphatic hydroxyl groups is 2. The summed E-state index contributed by atoms with van der Waals surface area (Å²) in [6.07, 6.45) is 1.29. The summed E-state index contributed by atoms with van der Waals surface area (Å²) in [5.41, 5.74) is -0.830. The number of hydrogen-bond acceptors (Lipinski definition) is 5. The molecular weight excluding hydrogens is 222 g/mol. The Morgan fingerprint density at radius 2 is 2.47 bits per heavy atom. The minimum atomic E-state index is -0.830. The Morgan fingerprint density at radius 1 is 1.65 bits per heavy atom. The summed E-state index contributed by atoms with van der Waals surface area (Å²) >= 11 is 0. The lowest BCUT2D eigenvalue weighted by molar-refractivity contribution is -0.0277. The third kappa shape index (κ3) is 2.87. The number of aliphatic hydroxyl groups excluding tert-OH is 1. The van der Waals surface area contributed by atoms with Crippen LogP contribution in [0.15, 0.2) is 22.8 Å². The van der Waals surface area contributed by atoms with Gasteiger partial charge in [-0.1, -0.05) is 0 Å². The minimum Gasteiger partial charge on any atom is -0.467 e. The zero-order valence-electron chi connectivity index (χ0n) is 9.93. The van der Waals surface area contributed by atoms with Gasteiger partial charge in [0.05, 0.1) is 12.4 Å². The highest BCUT2D eigenvalue weighted by molar-refractivity contribution is 5.02. The second-order valence-corrected chi connectivity index (χ2v) is 4.53. The quantitative estimate of drug-likeness (QED) is 0.697. The fourth-order valence-electron chi connectivity index (χ4n) is 2.01. The Labute approximate surface area is 100 Å². The molecule has 1 aromatic heterocycles. The molecule has 1 fully saturated rings. The van der Waals surface area contributed by atoms with Crippen molar-refractivity contribution in [2.45, 2.75) is 31.2 Å². The summed E-state index contributed by atoms with van der Waals surface area (Å²) in [4.78, 5) is 0. The molecule has 3 atom stereocenters. The van der Waals surface area contributed by atoms with Crippen molar-refractivity contribution in [2.24, 2.45) is 0 Å². The Morgan fingerprint density at radius 3 is 3.06 bits per heavy atom. The lowest BCUT2D eigenvalue weighted by Crippen LogP contribution is -2.46. The largest absolute Gasteiger partial charge is 0.467 e. The van der Waals surface area contributed by atoms with Crippen molar-refractivity contribution in [3.8, 4) is 0 Å². The number of furan rings is 1. The lowest BCUT2D eigenvalue weighted by atomic mass is 9.97. The van der Waals surface area contributed by atoms with E-state index in [1.165, 1.54) is 6.26 Å². The molecule has 1 aliphatic rings. The Hall–Kier alpha value is -0.880. The summed E-state index contributed by atoms with van der Waals surface area (Å²) in [5.74, 6) is 0.528. The van der Waals surface area contributed by atoms with Crippen LogP contribution in [0, 0.1) is 0 Å². The average Bonchev–Trinajstić information content (AvgIpc) is 2.90. The standard InChI is InChI=1S/C12H19NO4/c1-9-12(15,4-6-16-9)8-13-7-10(14)11-3-2-5-17-11/h2-3,5,9-10,13-15H,4,6-8H2,1H3. The molecule has 17 heavy (non-hydrogen) atoms. The van der Waals surface area contributed by atoms with Crippen molar-refractivity contribution >= 4 is 0 Å². The van der Waals surface area contributed by atoms with Gasteiger partial charge in [-0.25, -0.2) is 0 Å². The van der Waals surface area contributed by atoms with E-state index in [4.69, 9.17) is 9.15 Å². The first-order valence-electron chi connectivity index (χ1n) is 5.88. The number of ether oxygens (including phenoxy) is 1. The van der Waals surface area contributed by atoms with E-state index in [0.717, 1.165) is 0 Å². The summed E-state index contributed by atoms with van der Waals surface area (Å²) < 4.78 is 10.4. The molecular formula is C12H19NO4. The van der Waals surface area contributed by atoms with Gasteiger partial charge >= 0.3 is 0 Å². The Kier molecular flexibility index (Phi) is 3.83. The van der Waals surface area contributed by atoms with Gasteiger partial charge in [-0.05, 0) is 19.1 Å². The molecule has 0 bridgehead atoms. The molecule has 0 spiro atoms. The normalized spacial score (nSPS) is 30.6. The molecule has 0 saturated carbocycles. The van der Waals surface area contributed by atoms with Gasteiger partial charge in [-0.15, -0.1) is 0 Å². The lowest BCUT2D eigenvalue weighted by Gasteiger charge is -2.26. The molecule has 3 unspecified atom stereocenters. The van der Waals surface area contributed by atoms with E-state index in [9.17, 15) is 10.2 Å². The smallest absolute Gasteiger partial charge is 0.133 e. The van der Waals surface area contributed by atoms with Crippen LogP contribution < -0.4 is 5.32 Å². The van der Waals surface area contributed by atoms with Crippen molar-refractivity contribution in [3.05, 3.63) is 24.2 Å². The number of rotatable bonds is 5. The van der Waals surface area contributed by atoms with Gasteiger partial charge in [0.25, 0.3) is 0 Å². The monoisotopic (exact) mass is 241 g/mol. The molecule has 96 valence electrons. The predicted molar refractivity (Wildman–Crippen MR) is 61.5 cm³/mol. The van der Waals surface area contributed by atoms with Crippen LogP contribution in [0.2, 0.25) is 0 Å². The highest BCUT2D eigenvalue weighted by Crippen LogP contribution is 2.24. The maximum Gasteiger partial charge on any atom is 0.133 e. The molecule has 5 nitrogen and oxygen atoms in total. The maximum absolute atomic E-state index is 10.2. The van der Waals surface area contributed by atoms with E-state index in [1.54, 1.807) is 12.1 Å².